The number of hydrogen-bond donors (Lipinski definition) is 1. The van der Waals surface area contributed by atoms with Crippen molar-refractivity contribution in [1.82, 2.24) is 0 Å². The maximum Gasteiger partial charge on any atom is 0.234 e. The zero-order valence-electron chi connectivity index (χ0n) is 13.7. The van der Waals surface area contributed by atoms with Crippen molar-refractivity contribution in [2.75, 3.05) is 24.8 Å². The maximum absolute atomic E-state index is 12.0. The molecule has 0 bridgehead atoms. The van der Waals surface area contributed by atoms with Crippen LogP contribution in [0.2, 0.25) is 0 Å². The number of rotatable bonds is 8. The lowest BCUT2D eigenvalue weighted by molar-refractivity contribution is -0.113. The minimum absolute atomic E-state index is 0.0169. The molecular weight excluding hydrogens is 390 g/mol. The van der Waals surface area contributed by atoms with Gasteiger partial charge in [-0.15, -0.1) is 11.8 Å². The number of methoxy groups -OCH3 is 1. The van der Waals surface area contributed by atoms with E-state index in [4.69, 9.17) is 9.47 Å². The summed E-state index contributed by atoms with van der Waals surface area (Å²) in [4.78, 5) is 12.0. The third kappa shape index (κ3) is 5.76. The Labute approximate surface area is 155 Å². The van der Waals surface area contributed by atoms with Crippen molar-refractivity contribution in [3.05, 3.63) is 52.5 Å². The van der Waals surface area contributed by atoms with Crippen LogP contribution in [0.1, 0.15) is 12.5 Å². The van der Waals surface area contributed by atoms with Crippen molar-refractivity contribution in [3.8, 4) is 11.5 Å². The predicted molar refractivity (Wildman–Crippen MR) is 103 cm³/mol. The Bertz CT molecular complexity index is 676. The van der Waals surface area contributed by atoms with E-state index in [1.807, 2.05) is 49.4 Å². The highest BCUT2D eigenvalue weighted by atomic mass is 79.9. The quantitative estimate of drug-likeness (QED) is 0.684. The average Bonchev–Trinajstić information content (AvgIpc) is 2.57. The van der Waals surface area contributed by atoms with E-state index in [-0.39, 0.29) is 5.91 Å². The van der Waals surface area contributed by atoms with Crippen molar-refractivity contribution in [2.45, 2.75) is 12.7 Å². The number of carbonyl (C=O) groups is 1. The molecule has 6 heteroatoms. The Morgan fingerprint density at radius 3 is 2.58 bits per heavy atom. The van der Waals surface area contributed by atoms with E-state index in [1.165, 1.54) is 0 Å². The van der Waals surface area contributed by atoms with Crippen LogP contribution in [0.25, 0.3) is 0 Å². The van der Waals surface area contributed by atoms with E-state index >= 15 is 0 Å². The lowest BCUT2D eigenvalue weighted by Gasteiger charge is -2.08. The second kappa shape index (κ2) is 9.59. The number of thioether (sulfide) groups is 1. The van der Waals surface area contributed by atoms with Crippen LogP contribution in [-0.4, -0.2) is 25.4 Å². The summed E-state index contributed by atoms with van der Waals surface area (Å²) in [6.45, 7) is 2.57. The van der Waals surface area contributed by atoms with E-state index in [0.717, 1.165) is 33.0 Å². The first-order valence-electron chi connectivity index (χ1n) is 7.55. The lowest BCUT2D eigenvalue weighted by atomic mass is 10.2. The van der Waals surface area contributed by atoms with Gasteiger partial charge >= 0.3 is 0 Å². The summed E-state index contributed by atoms with van der Waals surface area (Å²) in [6, 6.07) is 13.3. The van der Waals surface area contributed by atoms with Crippen LogP contribution >= 0.6 is 27.7 Å². The average molecular weight is 410 g/mol. The van der Waals surface area contributed by atoms with Crippen molar-refractivity contribution < 1.29 is 14.3 Å². The van der Waals surface area contributed by atoms with E-state index < -0.39 is 0 Å². The first kappa shape index (κ1) is 18.7. The van der Waals surface area contributed by atoms with Crippen LogP contribution in [0.4, 0.5) is 5.69 Å². The van der Waals surface area contributed by atoms with Crippen LogP contribution in [0.5, 0.6) is 11.5 Å². The molecule has 2 rings (SSSR count). The summed E-state index contributed by atoms with van der Waals surface area (Å²) in [5, 5.41) is 2.88. The Balaban J connectivity index is 1.77. The zero-order valence-corrected chi connectivity index (χ0v) is 16.1. The molecule has 4 nitrogen and oxygen atoms in total. The van der Waals surface area contributed by atoms with E-state index in [9.17, 15) is 4.79 Å². The summed E-state index contributed by atoms with van der Waals surface area (Å²) in [5.74, 6) is 2.75. The van der Waals surface area contributed by atoms with Gasteiger partial charge in [-0.3, -0.25) is 4.79 Å². The largest absolute Gasteiger partial charge is 0.496 e. The molecule has 0 aliphatic rings. The Morgan fingerprint density at radius 1 is 1.21 bits per heavy atom. The summed E-state index contributed by atoms with van der Waals surface area (Å²) < 4.78 is 11.5. The lowest BCUT2D eigenvalue weighted by Crippen LogP contribution is -2.14. The van der Waals surface area contributed by atoms with Crippen molar-refractivity contribution in [3.63, 3.8) is 0 Å². The fourth-order valence-electron chi connectivity index (χ4n) is 2.06. The van der Waals surface area contributed by atoms with Crippen molar-refractivity contribution in [2.24, 2.45) is 0 Å². The Morgan fingerprint density at radius 2 is 1.96 bits per heavy atom. The number of nitrogens with one attached hydrogen (secondary N) is 1. The fourth-order valence-corrected chi connectivity index (χ4v) is 3.42. The summed E-state index contributed by atoms with van der Waals surface area (Å²) in [7, 11) is 1.64. The highest BCUT2D eigenvalue weighted by molar-refractivity contribution is 9.10. The fraction of sp³-hybridized carbons (Fsp3) is 0.278. The number of anilines is 1. The van der Waals surface area contributed by atoms with E-state index in [2.05, 4.69) is 21.2 Å². The molecule has 0 aliphatic carbocycles. The van der Waals surface area contributed by atoms with Crippen LogP contribution in [0.3, 0.4) is 0 Å². The SMILES string of the molecule is CCOc1ccc(NC(=O)CSCc2ccc(OC)c(Br)c2)cc1. The highest BCUT2D eigenvalue weighted by Gasteiger charge is 2.05. The molecule has 128 valence electrons. The maximum atomic E-state index is 12.0. The second-order valence-electron chi connectivity index (χ2n) is 4.97. The monoisotopic (exact) mass is 409 g/mol. The number of amides is 1. The van der Waals surface area contributed by atoms with Gasteiger partial charge in [0.15, 0.2) is 0 Å². The normalized spacial score (nSPS) is 10.3. The molecule has 1 amide bonds. The molecule has 0 atom stereocenters. The summed E-state index contributed by atoms with van der Waals surface area (Å²) >= 11 is 5.03. The molecular formula is C18H20BrNO3S. The van der Waals surface area contributed by atoms with Gasteiger partial charge in [-0.25, -0.2) is 0 Å². The van der Waals surface area contributed by atoms with Crippen LogP contribution < -0.4 is 14.8 Å². The van der Waals surface area contributed by atoms with Crippen LogP contribution in [0.15, 0.2) is 46.9 Å². The van der Waals surface area contributed by atoms with Crippen LogP contribution in [0, 0.1) is 0 Å². The van der Waals surface area contributed by atoms with Gasteiger partial charge < -0.3 is 14.8 Å². The number of benzene rings is 2. The van der Waals surface area contributed by atoms with E-state index in [0.29, 0.717) is 12.4 Å². The molecule has 2 aromatic carbocycles. The molecule has 0 saturated carbocycles. The Kier molecular flexibility index (Phi) is 7.46. The Hall–Kier alpha value is -1.66. The smallest absolute Gasteiger partial charge is 0.234 e. The molecule has 2 aromatic rings. The molecule has 0 saturated heterocycles. The van der Waals surface area contributed by atoms with Gasteiger partial charge in [0.1, 0.15) is 11.5 Å². The number of ether oxygens (including phenoxy) is 2. The minimum Gasteiger partial charge on any atom is -0.496 e. The number of halogens is 1. The molecule has 1 N–H and O–H groups in total. The second-order valence-corrected chi connectivity index (χ2v) is 6.81. The van der Waals surface area contributed by atoms with Crippen molar-refractivity contribution in [1.29, 1.82) is 0 Å². The molecule has 0 spiro atoms. The zero-order chi connectivity index (χ0) is 17.4. The molecule has 0 fully saturated rings. The molecule has 24 heavy (non-hydrogen) atoms. The first-order valence-corrected chi connectivity index (χ1v) is 9.50. The summed E-state index contributed by atoms with van der Waals surface area (Å²) in [6.07, 6.45) is 0. The van der Waals surface area contributed by atoms with E-state index in [1.54, 1.807) is 18.9 Å². The van der Waals surface area contributed by atoms with Gasteiger partial charge in [0, 0.05) is 11.4 Å². The van der Waals surface area contributed by atoms with Gasteiger partial charge in [0.05, 0.1) is 23.9 Å². The molecule has 0 aromatic heterocycles. The predicted octanol–water partition coefficient (Wildman–Crippen LogP) is 4.73. The third-order valence-electron chi connectivity index (χ3n) is 3.17. The van der Waals surface area contributed by atoms with Gasteiger partial charge in [-0.05, 0) is 64.8 Å². The highest BCUT2D eigenvalue weighted by Crippen LogP contribution is 2.27. The van der Waals surface area contributed by atoms with Gasteiger partial charge in [-0.2, -0.15) is 0 Å². The summed E-state index contributed by atoms with van der Waals surface area (Å²) in [5.41, 5.74) is 1.91. The van der Waals surface area contributed by atoms with Gasteiger partial charge in [0.25, 0.3) is 0 Å². The van der Waals surface area contributed by atoms with Crippen molar-refractivity contribution >= 4 is 39.3 Å². The van der Waals surface area contributed by atoms with Gasteiger partial charge in [0.2, 0.25) is 5.91 Å². The molecule has 0 aliphatic heterocycles. The first-order chi connectivity index (χ1) is 11.6. The standard InChI is InChI=1S/C18H20BrNO3S/c1-3-23-15-7-5-14(6-8-15)20-18(21)12-24-11-13-4-9-17(22-2)16(19)10-13/h4-10H,3,11-12H2,1-2H3,(H,20,21). The number of hydrogen-bond acceptors (Lipinski definition) is 4. The van der Waals surface area contributed by atoms with Gasteiger partial charge in [-0.1, -0.05) is 6.07 Å². The molecule has 0 heterocycles. The minimum atomic E-state index is -0.0169. The van der Waals surface area contributed by atoms with Crippen LogP contribution in [-0.2, 0) is 10.5 Å². The number of carbonyl (C=O) groups excluding carboxylic acids is 1. The third-order valence-corrected chi connectivity index (χ3v) is 4.79. The molecule has 0 unspecified atom stereocenters. The molecule has 0 radical (unpaired) electrons. The topological polar surface area (TPSA) is 47.6 Å².